The molecule has 0 radical (unpaired) electrons. The number of carbonyl (C=O) groups excluding carboxylic acids is 3. The van der Waals surface area contributed by atoms with Crippen molar-refractivity contribution in [2.24, 2.45) is 7.05 Å². The van der Waals surface area contributed by atoms with Crippen molar-refractivity contribution in [1.82, 2.24) is 19.8 Å². The molecule has 0 aliphatic rings. The van der Waals surface area contributed by atoms with E-state index in [-0.39, 0.29) is 22.6 Å². The van der Waals surface area contributed by atoms with E-state index in [0.717, 1.165) is 16.7 Å². The van der Waals surface area contributed by atoms with E-state index in [1.54, 1.807) is 34.6 Å². The SMILES string of the molecule is CC(C)OC(=O)[C@H](Cc1ccc(-n2c(=O)ccn(C)c2=O)cc1)NC(=O)c1c(F)cc(NS(=O)(=O)c2ccc(C(=O)NC(C)(C)C)cc2)cc1F. The first-order valence-electron chi connectivity index (χ1n) is 15.6. The number of carbonyl (C=O) groups is 3. The molecule has 3 N–H and O–H groups in total. The highest BCUT2D eigenvalue weighted by molar-refractivity contribution is 7.92. The van der Waals surface area contributed by atoms with Gasteiger partial charge < -0.3 is 19.9 Å². The number of nitrogens with one attached hydrogen (secondary N) is 3. The van der Waals surface area contributed by atoms with Crippen LogP contribution in [0.25, 0.3) is 5.69 Å². The second kappa shape index (κ2) is 15.1. The molecule has 0 saturated heterocycles. The fourth-order valence-electron chi connectivity index (χ4n) is 4.82. The third-order valence-corrected chi connectivity index (χ3v) is 8.56. The molecule has 3 aromatic carbocycles. The van der Waals surface area contributed by atoms with Gasteiger partial charge in [0.25, 0.3) is 27.4 Å². The van der Waals surface area contributed by atoms with Crippen molar-refractivity contribution in [2.45, 2.75) is 63.6 Å². The molecule has 0 saturated carbocycles. The number of anilines is 1. The summed E-state index contributed by atoms with van der Waals surface area (Å²) in [5.41, 5.74) is -2.39. The lowest BCUT2D eigenvalue weighted by molar-refractivity contribution is -0.149. The summed E-state index contributed by atoms with van der Waals surface area (Å²) in [6, 6.07) is 11.8. The number of nitrogens with zero attached hydrogens (tertiary/aromatic N) is 2. The van der Waals surface area contributed by atoms with E-state index in [1.165, 1.54) is 60.3 Å². The first kappa shape index (κ1) is 38.2. The molecular weight excluding hydrogens is 688 g/mol. The average Bonchev–Trinajstić information content (AvgIpc) is 3.02. The molecule has 0 aliphatic heterocycles. The standard InChI is InChI=1S/C35H37F2N5O8S/c1-20(2)50-33(46)28(17-21-7-11-24(12-8-21)42-29(43)15-16-41(6)34(42)47)38-32(45)30-26(36)18-23(19-27(30)37)40-51(48,49)25-13-9-22(10-14-25)31(44)39-35(3,4)5/h7-16,18-20,28,40H,17H2,1-6H3,(H,38,45)(H,39,44)/t28-/m0/s1. The first-order valence-corrected chi connectivity index (χ1v) is 17.1. The van der Waals surface area contributed by atoms with Crippen LogP contribution in [0, 0.1) is 11.6 Å². The van der Waals surface area contributed by atoms with Crippen LogP contribution in [-0.4, -0.2) is 53.0 Å². The number of aryl methyl sites for hydroxylation is 1. The topological polar surface area (TPSA) is 175 Å². The molecule has 0 bridgehead atoms. The van der Waals surface area contributed by atoms with Gasteiger partial charge in [0.15, 0.2) is 0 Å². The summed E-state index contributed by atoms with van der Waals surface area (Å²) in [4.78, 5) is 63.0. The van der Waals surface area contributed by atoms with Crippen molar-refractivity contribution in [2.75, 3.05) is 4.72 Å². The van der Waals surface area contributed by atoms with E-state index in [2.05, 4.69) is 15.4 Å². The van der Waals surface area contributed by atoms with Gasteiger partial charge >= 0.3 is 11.7 Å². The minimum atomic E-state index is -4.38. The predicted octanol–water partition coefficient (Wildman–Crippen LogP) is 3.44. The third-order valence-electron chi connectivity index (χ3n) is 7.17. The number of hydrogen-bond acceptors (Lipinski definition) is 8. The predicted molar refractivity (Wildman–Crippen MR) is 184 cm³/mol. The number of sulfonamides is 1. The zero-order valence-corrected chi connectivity index (χ0v) is 29.4. The summed E-state index contributed by atoms with van der Waals surface area (Å²) >= 11 is 0. The van der Waals surface area contributed by atoms with Crippen LogP contribution >= 0.6 is 0 Å². The second-order valence-electron chi connectivity index (χ2n) is 12.9. The van der Waals surface area contributed by atoms with Gasteiger partial charge in [-0.15, -0.1) is 0 Å². The van der Waals surface area contributed by atoms with Crippen LogP contribution in [-0.2, 0) is 33.0 Å². The Morgan fingerprint density at radius 3 is 2.02 bits per heavy atom. The monoisotopic (exact) mass is 725 g/mol. The van der Waals surface area contributed by atoms with E-state index < -0.39 is 79.6 Å². The molecule has 4 aromatic rings. The highest BCUT2D eigenvalue weighted by Gasteiger charge is 2.28. The quantitative estimate of drug-likeness (QED) is 0.197. The Hall–Kier alpha value is -5.64. The van der Waals surface area contributed by atoms with Crippen molar-refractivity contribution >= 4 is 33.5 Å². The minimum Gasteiger partial charge on any atom is -0.461 e. The summed E-state index contributed by atoms with van der Waals surface area (Å²) in [5, 5.41) is 5.03. The molecule has 270 valence electrons. The summed E-state index contributed by atoms with van der Waals surface area (Å²) < 4.78 is 65.9. The molecule has 16 heteroatoms. The number of ether oxygens (including phenoxy) is 1. The normalized spacial score (nSPS) is 12.3. The van der Waals surface area contributed by atoms with E-state index in [1.807, 2.05) is 0 Å². The van der Waals surface area contributed by atoms with Gasteiger partial charge in [-0.05, 0) is 88.7 Å². The summed E-state index contributed by atoms with van der Waals surface area (Å²) in [5.74, 6) is -5.48. The van der Waals surface area contributed by atoms with Gasteiger partial charge in [0, 0.05) is 36.8 Å². The summed E-state index contributed by atoms with van der Waals surface area (Å²) in [7, 11) is -2.89. The van der Waals surface area contributed by atoms with E-state index in [9.17, 15) is 32.4 Å². The summed E-state index contributed by atoms with van der Waals surface area (Å²) in [6.07, 6.45) is 0.535. The van der Waals surface area contributed by atoms with Crippen molar-refractivity contribution in [3.63, 3.8) is 0 Å². The lowest BCUT2D eigenvalue weighted by Gasteiger charge is -2.20. The summed E-state index contributed by atoms with van der Waals surface area (Å²) in [6.45, 7) is 8.49. The molecule has 0 aliphatic carbocycles. The molecule has 0 fully saturated rings. The Bertz CT molecular complexity index is 2170. The van der Waals surface area contributed by atoms with Crippen LogP contribution in [0.5, 0.6) is 0 Å². The average molecular weight is 726 g/mol. The lowest BCUT2D eigenvalue weighted by Crippen LogP contribution is -2.44. The van der Waals surface area contributed by atoms with Gasteiger partial charge in [0.1, 0.15) is 23.2 Å². The molecule has 2 amide bonds. The zero-order chi connectivity index (χ0) is 37.8. The smallest absolute Gasteiger partial charge is 0.335 e. The number of rotatable bonds is 11. The van der Waals surface area contributed by atoms with Gasteiger partial charge in [0.2, 0.25) is 0 Å². The fraction of sp³-hybridized carbons (Fsp3) is 0.286. The van der Waals surface area contributed by atoms with Gasteiger partial charge in [-0.2, -0.15) is 0 Å². The molecule has 1 atom stereocenters. The van der Waals surface area contributed by atoms with Crippen LogP contribution in [0.15, 0.2) is 87.4 Å². The highest BCUT2D eigenvalue weighted by atomic mass is 32.2. The number of halogens is 2. The van der Waals surface area contributed by atoms with Crippen molar-refractivity contribution in [3.05, 3.63) is 122 Å². The maximum Gasteiger partial charge on any atom is 0.335 e. The Kier molecular flexibility index (Phi) is 11.3. The molecule has 0 spiro atoms. The van der Waals surface area contributed by atoms with Crippen molar-refractivity contribution in [1.29, 1.82) is 0 Å². The van der Waals surface area contributed by atoms with E-state index in [4.69, 9.17) is 4.74 Å². The molecule has 1 heterocycles. The molecule has 0 unspecified atom stereocenters. The maximum atomic E-state index is 15.3. The molecular formula is C35H37F2N5O8S. The fourth-order valence-corrected chi connectivity index (χ4v) is 5.86. The Balaban J connectivity index is 1.53. The van der Waals surface area contributed by atoms with Crippen LogP contribution in [0.2, 0.25) is 0 Å². The number of aromatic nitrogens is 2. The molecule has 4 rings (SSSR count). The van der Waals surface area contributed by atoms with Crippen LogP contribution in [0.4, 0.5) is 14.5 Å². The van der Waals surface area contributed by atoms with Crippen LogP contribution in [0.3, 0.4) is 0 Å². The van der Waals surface area contributed by atoms with Gasteiger partial charge in [-0.1, -0.05) is 12.1 Å². The van der Waals surface area contributed by atoms with Gasteiger partial charge in [0.05, 0.1) is 22.4 Å². The zero-order valence-electron chi connectivity index (χ0n) is 28.6. The number of benzene rings is 3. The van der Waals surface area contributed by atoms with Gasteiger partial charge in [-0.3, -0.25) is 19.1 Å². The van der Waals surface area contributed by atoms with Crippen LogP contribution in [0.1, 0.15) is 60.9 Å². The molecule has 13 nitrogen and oxygen atoms in total. The Labute approximate surface area is 292 Å². The van der Waals surface area contributed by atoms with Crippen molar-refractivity contribution < 1.29 is 36.3 Å². The Morgan fingerprint density at radius 2 is 1.47 bits per heavy atom. The maximum absolute atomic E-state index is 15.3. The number of hydrogen-bond donors (Lipinski definition) is 3. The first-order chi connectivity index (χ1) is 23.8. The number of amides is 2. The Morgan fingerprint density at radius 1 is 0.882 bits per heavy atom. The lowest BCUT2D eigenvalue weighted by atomic mass is 10.0. The second-order valence-corrected chi connectivity index (χ2v) is 14.6. The van der Waals surface area contributed by atoms with E-state index >= 15 is 8.78 Å². The van der Waals surface area contributed by atoms with Crippen LogP contribution < -0.4 is 26.6 Å². The van der Waals surface area contributed by atoms with Gasteiger partial charge in [-0.25, -0.2) is 31.4 Å². The third kappa shape index (κ3) is 9.54. The van der Waals surface area contributed by atoms with E-state index in [0.29, 0.717) is 17.7 Å². The largest absolute Gasteiger partial charge is 0.461 e. The minimum absolute atomic E-state index is 0.194. The number of esters is 1. The van der Waals surface area contributed by atoms with Crippen molar-refractivity contribution in [3.8, 4) is 5.69 Å². The highest BCUT2D eigenvalue weighted by Crippen LogP contribution is 2.23. The molecule has 51 heavy (non-hydrogen) atoms. The molecule has 1 aromatic heterocycles.